The second kappa shape index (κ2) is 5.48. The Bertz CT molecular complexity index is 579. The maximum absolute atomic E-state index is 10.7. The Morgan fingerprint density at radius 2 is 1.89 bits per heavy atom. The van der Waals surface area contributed by atoms with Gasteiger partial charge in [0.05, 0.1) is 5.56 Å². The van der Waals surface area contributed by atoms with E-state index in [0.29, 0.717) is 11.7 Å². The number of hydrogen-bond acceptors (Lipinski definition) is 4. The molecule has 5 nitrogen and oxygen atoms in total. The van der Waals surface area contributed by atoms with Gasteiger partial charge in [-0.25, -0.2) is 14.8 Å². The van der Waals surface area contributed by atoms with E-state index in [1.165, 1.54) is 6.33 Å². The lowest BCUT2D eigenvalue weighted by Gasteiger charge is -2.08. The largest absolute Gasteiger partial charge is 0.478 e. The minimum atomic E-state index is -0.935. The van der Waals surface area contributed by atoms with Crippen molar-refractivity contribution < 1.29 is 9.90 Å². The summed E-state index contributed by atoms with van der Waals surface area (Å²) in [5.41, 5.74) is 2.01. The highest BCUT2D eigenvalue weighted by molar-refractivity contribution is 5.88. The van der Waals surface area contributed by atoms with Gasteiger partial charge < -0.3 is 10.4 Å². The Balaban J connectivity index is 2.16. The second-order valence-corrected chi connectivity index (χ2v) is 4.49. The number of nitrogens with one attached hydrogen (secondary N) is 1. The first-order valence-corrected chi connectivity index (χ1v) is 5.98. The van der Waals surface area contributed by atoms with Gasteiger partial charge in [-0.3, -0.25) is 0 Å². The van der Waals surface area contributed by atoms with E-state index < -0.39 is 5.97 Å². The van der Waals surface area contributed by atoms with E-state index >= 15 is 0 Å². The van der Waals surface area contributed by atoms with E-state index in [9.17, 15) is 4.79 Å². The highest BCUT2D eigenvalue weighted by Crippen LogP contribution is 2.18. The van der Waals surface area contributed by atoms with E-state index in [4.69, 9.17) is 5.11 Å². The number of nitrogens with zero attached hydrogens (tertiary/aromatic N) is 2. The van der Waals surface area contributed by atoms with E-state index in [1.807, 2.05) is 6.07 Å². The van der Waals surface area contributed by atoms with Crippen molar-refractivity contribution in [3.63, 3.8) is 0 Å². The Morgan fingerprint density at radius 1 is 1.21 bits per heavy atom. The zero-order chi connectivity index (χ0) is 13.8. The van der Waals surface area contributed by atoms with Gasteiger partial charge in [0, 0.05) is 17.4 Å². The topological polar surface area (TPSA) is 75.1 Å². The minimum Gasteiger partial charge on any atom is -0.478 e. The van der Waals surface area contributed by atoms with Gasteiger partial charge in [0.25, 0.3) is 0 Å². The minimum absolute atomic E-state index is 0.260. The van der Waals surface area contributed by atoms with Crippen LogP contribution < -0.4 is 5.32 Å². The number of rotatable bonds is 4. The van der Waals surface area contributed by atoms with Crippen molar-refractivity contribution >= 4 is 17.5 Å². The normalized spacial score (nSPS) is 10.5. The molecule has 5 heteroatoms. The SMILES string of the molecule is CC(C)c1cc(Nc2ccc(C(=O)O)cc2)ncn1. The summed E-state index contributed by atoms with van der Waals surface area (Å²) >= 11 is 0. The highest BCUT2D eigenvalue weighted by atomic mass is 16.4. The zero-order valence-electron chi connectivity index (χ0n) is 10.8. The summed E-state index contributed by atoms with van der Waals surface area (Å²) in [7, 11) is 0. The molecule has 0 bridgehead atoms. The molecule has 0 aliphatic rings. The van der Waals surface area contributed by atoms with Gasteiger partial charge >= 0.3 is 5.97 Å². The maximum atomic E-state index is 10.7. The molecule has 1 aromatic carbocycles. The fourth-order valence-corrected chi connectivity index (χ4v) is 1.60. The summed E-state index contributed by atoms with van der Waals surface area (Å²) in [4.78, 5) is 19.1. The lowest BCUT2D eigenvalue weighted by atomic mass is 10.1. The van der Waals surface area contributed by atoms with Gasteiger partial charge in [-0.1, -0.05) is 13.8 Å². The third-order valence-corrected chi connectivity index (χ3v) is 2.68. The van der Waals surface area contributed by atoms with Crippen LogP contribution in [0.1, 0.15) is 35.8 Å². The molecule has 0 saturated heterocycles. The average molecular weight is 257 g/mol. The summed E-state index contributed by atoms with van der Waals surface area (Å²) in [6, 6.07) is 8.40. The maximum Gasteiger partial charge on any atom is 0.335 e. The molecule has 0 spiro atoms. The summed E-state index contributed by atoms with van der Waals surface area (Å²) in [5, 5.41) is 11.9. The molecule has 0 aliphatic heterocycles. The Hall–Kier alpha value is -2.43. The van der Waals surface area contributed by atoms with Crippen LogP contribution in [-0.2, 0) is 0 Å². The quantitative estimate of drug-likeness (QED) is 0.880. The first kappa shape index (κ1) is 13.0. The zero-order valence-corrected chi connectivity index (χ0v) is 10.8. The molecular formula is C14H15N3O2. The van der Waals surface area contributed by atoms with E-state index in [0.717, 1.165) is 11.4 Å². The first-order chi connectivity index (χ1) is 9.06. The predicted octanol–water partition coefficient (Wildman–Crippen LogP) is 3.04. The van der Waals surface area contributed by atoms with E-state index in [2.05, 4.69) is 29.1 Å². The van der Waals surface area contributed by atoms with Crippen LogP contribution in [0.15, 0.2) is 36.7 Å². The molecule has 98 valence electrons. The number of benzene rings is 1. The smallest absolute Gasteiger partial charge is 0.335 e. The van der Waals surface area contributed by atoms with Crippen molar-refractivity contribution in [3.05, 3.63) is 47.9 Å². The summed E-state index contributed by atoms with van der Waals surface area (Å²) in [6.45, 7) is 4.13. The van der Waals surface area contributed by atoms with Crippen molar-refractivity contribution in [2.75, 3.05) is 5.32 Å². The van der Waals surface area contributed by atoms with Gasteiger partial charge in [-0.05, 0) is 30.2 Å². The Morgan fingerprint density at radius 3 is 2.47 bits per heavy atom. The molecule has 2 rings (SSSR count). The Kier molecular flexibility index (Phi) is 3.75. The standard InChI is InChI=1S/C14H15N3O2/c1-9(2)12-7-13(16-8-15-12)17-11-5-3-10(4-6-11)14(18)19/h3-9H,1-2H3,(H,18,19)(H,15,16,17). The van der Waals surface area contributed by atoms with Crippen LogP contribution in [0.2, 0.25) is 0 Å². The van der Waals surface area contributed by atoms with Crippen LogP contribution in [0.25, 0.3) is 0 Å². The van der Waals surface area contributed by atoms with Gasteiger partial charge in [0.2, 0.25) is 0 Å². The summed E-state index contributed by atoms with van der Waals surface area (Å²) in [6.07, 6.45) is 1.52. The number of anilines is 2. The summed E-state index contributed by atoms with van der Waals surface area (Å²) < 4.78 is 0. The summed E-state index contributed by atoms with van der Waals surface area (Å²) in [5.74, 6) is 0.0930. The second-order valence-electron chi connectivity index (χ2n) is 4.49. The molecule has 2 aromatic rings. The molecule has 0 unspecified atom stereocenters. The van der Waals surface area contributed by atoms with E-state index in [1.54, 1.807) is 24.3 Å². The number of aromatic nitrogens is 2. The number of carboxylic acids is 1. The van der Waals surface area contributed by atoms with Crippen molar-refractivity contribution in [1.82, 2.24) is 9.97 Å². The van der Waals surface area contributed by atoms with Crippen molar-refractivity contribution in [1.29, 1.82) is 0 Å². The molecule has 1 aromatic heterocycles. The Labute approximate surface area is 111 Å². The molecular weight excluding hydrogens is 242 g/mol. The molecule has 0 radical (unpaired) electrons. The van der Waals surface area contributed by atoms with E-state index in [-0.39, 0.29) is 5.56 Å². The number of carbonyl (C=O) groups is 1. The van der Waals surface area contributed by atoms with Crippen LogP contribution >= 0.6 is 0 Å². The fraction of sp³-hybridized carbons (Fsp3) is 0.214. The predicted molar refractivity (Wildman–Crippen MR) is 72.8 cm³/mol. The van der Waals surface area contributed by atoms with Crippen LogP contribution in [0, 0.1) is 0 Å². The molecule has 0 fully saturated rings. The fourth-order valence-electron chi connectivity index (χ4n) is 1.60. The van der Waals surface area contributed by atoms with Gasteiger partial charge in [0.1, 0.15) is 12.1 Å². The first-order valence-electron chi connectivity index (χ1n) is 5.98. The van der Waals surface area contributed by atoms with Gasteiger partial charge in [-0.2, -0.15) is 0 Å². The molecule has 2 N–H and O–H groups in total. The third-order valence-electron chi connectivity index (χ3n) is 2.68. The van der Waals surface area contributed by atoms with Crippen LogP contribution in [-0.4, -0.2) is 21.0 Å². The average Bonchev–Trinajstić information content (AvgIpc) is 2.39. The van der Waals surface area contributed by atoms with Gasteiger partial charge in [0.15, 0.2) is 0 Å². The van der Waals surface area contributed by atoms with Crippen LogP contribution in [0.4, 0.5) is 11.5 Å². The van der Waals surface area contributed by atoms with Crippen molar-refractivity contribution in [3.8, 4) is 0 Å². The van der Waals surface area contributed by atoms with Crippen LogP contribution in [0.5, 0.6) is 0 Å². The highest BCUT2D eigenvalue weighted by Gasteiger charge is 2.04. The lowest BCUT2D eigenvalue weighted by Crippen LogP contribution is -2.00. The molecule has 0 amide bonds. The monoisotopic (exact) mass is 257 g/mol. The van der Waals surface area contributed by atoms with Crippen molar-refractivity contribution in [2.24, 2.45) is 0 Å². The lowest BCUT2D eigenvalue weighted by molar-refractivity contribution is 0.0697. The van der Waals surface area contributed by atoms with Crippen LogP contribution in [0.3, 0.4) is 0 Å². The number of carboxylic acid groups (broad SMARTS) is 1. The molecule has 19 heavy (non-hydrogen) atoms. The van der Waals surface area contributed by atoms with Crippen molar-refractivity contribution in [2.45, 2.75) is 19.8 Å². The molecule has 1 heterocycles. The molecule has 0 saturated carbocycles. The third kappa shape index (κ3) is 3.28. The van der Waals surface area contributed by atoms with Gasteiger partial charge in [-0.15, -0.1) is 0 Å². The number of hydrogen-bond donors (Lipinski definition) is 2. The number of aromatic carboxylic acids is 1. The molecule has 0 aliphatic carbocycles. The molecule has 0 atom stereocenters.